The molecule has 5 rings (SSSR count). The van der Waals surface area contributed by atoms with Gasteiger partial charge < -0.3 is 20.0 Å². The molecule has 2 atom stereocenters. The lowest BCUT2D eigenvalue weighted by Gasteiger charge is -2.26. The molecule has 194 valence electrons. The van der Waals surface area contributed by atoms with E-state index in [2.05, 4.69) is 15.6 Å². The molecule has 38 heavy (non-hydrogen) atoms. The lowest BCUT2D eigenvalue weighted by Crippen LogP contribution is -2.29. The van der Waals surface area contributed by atoms with Crippen LogP contribution >= 0.6 is 47.0 Å². The van der Waals surface area contributed by atoms with E-state index in [0.717, 1.165) is 11.4 Å². The second kappa shape index (κ2) is 10.9. The second-order valence-corrected chi connectivity index (χ2v) is 10.7. The smallest absolute Gasteiger partial charge is 0.226 e. The standard InChI is InChI=1S/C28H23Cl3N4O2S/c1-15(2)27(36)33-20-10-9-16(14-19(20)30)35-26(25(34-28(35)38)21-8-3-4-13-32-21)23-12-11-22(37-23)17-6-5-7-18(29)24(17)31/h3-15,25-26H,1-2H3,(H,33,36)(H,34,38). The van der Waals surface area contributed by atoms with Crippen LogP contribution in [-0.4, -0.2) is 16.0 Å². The number of aromatic nitrogens is 1. The average molecular weight is 586 g/mol. The SMILES string of the molecule is CC(C)C(=O)Nc1ccc(N2C(=S)NC(c3ccccn3)C2c2ccc(-c3cccc(Cl)c3Cl)o2)cc1Cl. The zero-order chi connectivity index (χ0) is 27.0. The van der Waals surface area contributed by atoms with E-state index in [-0.39, 0.29) is 17.9 Å². The fourth-order valence-electron chi connectivity index (χ4n) is 4.30. The summed E-state index contributed by atoms with van der Waals surface area (Å²) < 4.78 is 6.37. The Morgan fingerprint density at radius 3 is 2.58 bits per heavy atom. The van der Waals surface area contributed by atoms with Crippen molar-refractivity contribution in [1.29, 1.82) is 0 Å². The molecule has 1 amide bonds. The Kier molecular flexibility index (Phi) is 7.63. The first-order valence-electron chi connectivity index (χ1n) is 11.9. The molecule has 3 heterocycles. The van der Waals surface area contributed by atoms with Crippen LogP contribution in [0.3, 0.4) is 0 Å². The number of carbonyl (C=O) groups is 1. The van der Waals surface area contributed by atoms with Gasteiger partial charge in [-0.15, -0.1) is 0 Å². The first-order chi connectivity index (χ1) is 18.2. The fraction of sp³-hybridized carbons (Fsp3) is 0.179. The number of furan rings is 1. The summed E-state index contributed by atoms with van der Waals surface area (Å²) in [6, 6.07) is 19.6. The highest BCUT2D eigenvalue weighted by Crippen LogP contribution is 2.45. The Balaban J connectivity index is 1.56. The molecular formula is C28H23Cl3N4O2S. The number of hydrogen-bond acceptors (Lipinski definition) is 4. The summed E-state index contributed by atoms with van der Waals surface area (Å²) in [6.45, 7) is 3.64. The van der Waals surface area contributed by atoms with Crippen LogP contribution in [0, 0.1) is 5.92 Å². The van der Waals surface area contributed by atoms with Gasteiger partial charge in [0.25, 0.3) is 0 Å². The maximum atomic E-state index is 12.2. The van der Waals surface area contributed by atoms with Crippen molar-refractivity contribution in [1.82, 2.24) is 10.3 Å². The molecule has 2 unspecified atom stereocenters. The average Bonchev–Trinajstić information content (AvgIpc) is 3.52. The fourth-order valence-corrected chi connectivity index (χ4v) is 5.27. The number of carbonyl (C=O) groups excluding carboxylic acids is 1. The molecular weight excluding hydrogens is 563 g/mol. The Hall–Kier alpha value is -3.10. The quantitative estimate of drug-likeness (QED) is 0.223. The minimum absolute atomic E-state index is 0.117. The zero-order valence-corrected chi connectivity index (χ0v) is 23.5. The highest BCUT2D eigenvalue weighted by molar-refractivity contribution is 7.80. The number of pyridine rings is 1. The minimum Gasteiger partial charge on any atom is -0.459 e. The van der Waals surface area contributed by atoms with Crippen LogP contribution in [0.2, 0.25) is 15.1 Å². The predicted octanol–water partition coefficient (Wildman–Crippen LogP) is 8.07. The molecule has 6 nitrogen and oxygen atoms in total. The van der Waals surface area contributed by atoms with Crippen molar-refractivity contribution in [2.24, 2.45) is 5.92 Å². The van der Waals surface area contributed by atoms with Gasteiger partial charge >= 0.3 is 0 Å². The molecule has 0 radical (unpaired) electrons. The summed E-state index contributed by atoms with van der Waals surface area (Å²) in [6.07, 6.45) is 1.74. The summed E-state index contributed by atoms with van der Waals surface area (Å²) in [5.41, 5.74) is 2.75. The van der Waals surface area contributed by atoms with Crippen molar-refractivity contribution < 1.29 is 9.21 Å². The summed E-state index contributed by atoms with van der Waals surface area (Å²) in [4.78, 5) is 18.7. The summed E-state index contributed by atoms with van der Waals surface area (Å²) in [7, 11) is 0. The van der Waals surface area contributed by atoms with Crippen LogP contribution < -0.4 is 15.5 Å². The minimum atomic E-state index is -0.392. The van der Waals surface area contributed by atoms with Gasteiger partial charge in [-0.25, -0.2) is 0 Å². The number of amides is 1. The Bertz CT molecular complexity index is 1510. The monoisotopic (exact) mass is 584 g/mol. The van der Waals surface area contributed by atoms with E-state index in [1.165, 1.54) is 0 Å². The largest absolute Gasteiger partial charge is 0.459 e. The van der Waals surface area contributed by atoms with Crippen LogP contribution in [0.15, 0.2) is 77.3 Å². The third-order valence-corrected chi connectivity index (χ3v) is 7.69. The van der Waals surface area contributed by atoms with Gasteiger partial charge in [0.2, 0.25) is 5.91 Å². The van der Waals surface area contributed by atoms with Crippen LogP contribution in [0.5, 0.6) is 0 Å². The number of benzene rings is 2. The van der Waals surface area contributed by atoms with Gasteiger partial charge in [0.15, 0.2) is 5.11 Å². The number of halogens is 3. The van der Waals surface area contributed by atoms with E-state index in [9.17, 15) is 4.79 Å². The molecule has 2 N–H and O–H groups in total. The number of nitrogens with zero attached hydrogens (tertiary/aromatic N) is 2. The zero-order valence-electron chi connectivity index (χ0n) is 20.4. The van der Waals surface area contributed by atoms with Crippen LogP contribution in [0.25, 0.3) is 11.3 Å². The van der Waals surface area contributed by atoms with Gasteiger partial charge in [-0.2, -0.15) is 0 Å². The number of thiocarbonyl (C=S) groups is 1. The van der Waals surface area contributed by atoms with Gasteiger partial charge in [-0.3, -0.25) is 9.78 Å². The van der Waals surface area contributed by atoms with Crippen LogP contribution in [0.4, 0.5) is 11.4 Å². The lowest BCUT2D eigenvalue weighted by atomic mass is 10.0. The summed E-state index contributed by atoms with van der Waals surface area (Å²) in [5, 5.41) is 7.99. The molecule has 1 fully saturated rings. The maximum Gasteiger partial charge on any atom is 0.226 e. The van der Waals surface area contributed by atoms with E-state index < -0.39 is 6.04 Å². The van der Waals surface area contributed by atoms with Gasteiger partial charge in [0.05, 0.1) is 32.5 Å². The number of nitrogens with one attached hydrogen (secondary N) is 2. The Morgan fingerprint density at radius 1 is 1.05 bits per heavy atom. The predicted molar refractivity (Wildman–Crippen MR) is 157 cm³/mol. The van der Waals surface area contributed by atoms with Gasteiger partial charge in [0, 0.05) is 23.4 Å². The molecule has 0 spiro atoms. The Morgan fingerprint density at radius 2 is 1.87 bits per heavy atom. The topological polar surface area (TPSA) is 70.4 Å². The molecule has 1 aliphatic heterocycles. The Labute approximate surface area is 240 Å². The second-order valence-electron chi connectivity index (χ2n) is 9.11. The maximum absolute atomic E-state index is 12.2. The van der Waals surface area contributed by atoms with Crippen molar-refractivity contribution in [3.63, 3.8) is 0 Å². The molecule has 1 aliphatic rings. The summed E-state index contributed by atoms with van der Waals surface area (Å²) >= 11 is 25.1. The van der Waals surface area contributed by atoms with Crippen molar-refractivity contribution in [3.05, 3.63) is 99.4 Å². The van der Waals surface area contributed by atoms with E-state index >= 15 is 0 Å². The number of hydrogen-bond donors (Lipinski definition) is 2. The molecule has 0 saturated carbocycles. The molecule has 0 bridgehead atoms. The van der Waals surface area contributed by atoms with Crippen molar-refractivity contribution in [3.8, 4) is 11.3 Å². The third kappa shape index (κ3) is 5.12. The van der Waals surface area contributed by atoms with Gasteiger partial charge in [0.1, 0.15) is 17.6 Å². The normalized spacial score (nSPS) is 17.1. The van der Waals surface area contributed by atoms with Crippen molar-refractivity contribution >= 4 is 69.4 Å². The molecule has 10 heteroatoms. The first kappa shape index (κ1) is 26.5. The molecule has 2 aromatic carbocycles. The van der Waals surface area contributed by atoms with Crippen LogP contribution in [0.1, 0.15) is 37.4 Å². The lowest BCUT2D eigenvalue weighted by molar-refractivity contribution is -0.118. The molecule has 4 aromatic rings. The van der Waals surface area contributed by atoms with Gasteiger partial charge in [-0.1, -0.05) is 60.8 Å². The van der Waals surface area contributed by atoms with E-state index in [4.69, 9.17) is 51.4 Å². The molecule has 0 aliphatic carbocycles. The molecule has 1 saturated heterocycles. The van der Waals surface area contributed by atoms with Crippen molar-refractivity contribution in [2.45, 2.75) is 25.9 Å². The van der Waals surface area contributed by atoms with E-state index in [1.807, 2.05) is 67.3 Å². The summed E-state index contributed by atoms with van der Waals surface area (Å²) in [5.74, 6) is 0.932. The number of rotatable bonds is 6. The number of anilines is 2. The van der Waals surface area contributed by atoms with E-state index in [1.54, 1.807) is 24.4 Å². The highest BCUT2D eigenvalue weighted by Gasteiger charge is 2.42. The highest BCUT2D eigenvalue weighted by atomic mass is 35.5. The van der Waals surface area contributed by atoms with Gasteiger partial charge in [-0.05, 0) is 66.8 Å². The van der Waals surface area contributed by atoms with Crippen LogP contribution in [-0.2, 0) is 4.79 Å². The van der Waals surface area contributed by atoms with E-state index in [0.29, 0.717) is 43.0 Å². The third-order valence-electron chi connectivity index (χ3n) is 6.25. The van der Waals surface area contributed by atoms with Crippen molar-refractivity contribution in [2.75, 3.05) is 10.2 Å². The first-order valence-corrected chi connectivity index (χ1v) is 13.4. The molecule has 2 aromatic heterocycles.